The largest absolute Gasteiger partial charge is 0.471 e. The molecule has 1 aromatic carbocycles. The van der Waals surface area contributed by atoms with Gasteiger partial charge in [0.25, 0.3) is 0 Å². The SMILES string of the molecule is O=C(Cc1ccc(F)cc1)N1CC[C@@H](Oc2ccccn2)[C@H]2OCC[C@@H]21. The van der Waals surface area contributed by atoms with Crippen LogP contribution in [-0.2, 0) is 16.0 Å². The fraction of sp³-hybridized carbons (Fsp3) is 0.400. The number of benzene rings is 1. The quantitative estimate of drug-likeness (QED) is 0.845. The first-order chi connectivity index (χ1) is 12.7. The maximum Gasteiger partial charge on any atom is 0.227 e. The fourth-order valence-electron chi connectivity index (χ4n) is 3.77. The maximum absolute atomic E-state index is 13.0. The van der Waals surface area contributed by atoms with E-state index in [0.717, 1.165) is 12.0 Å². The van der Waals surface area contributed by atoms with Crippen molar-refractivity contribution >= 4 is 5.91 Å². The van der Waals surface area contributed by atoms with Gasteiger partial charge >= 0.3 is 0 Å². The van der Waals surface area contributed by atoms with Gasteiger partial charge in [-0.15, -0.1) is 0 Å². The minimum absolute atomic E-state index is 0.0189. The molecule has 2 aliphatic rings. The second kappa shape index (κ2) is 7.41. The first kappa shape index (κ1) is 17.0. The average molecular weight is 356 g/mol. The van der Waals surface area contributed by atoms with Crippen LogP contribution in [0, 0.1) is 5.82 Å². The van der Waals surface area contributed by atoms with E-state index < -0.39 is 0 Å². The predicted octanol–water partition coefficient (Wildman–Crippen LogP) is 2.60. The molecule has 0 radical (unpaired) electrons. The van der Waals surface area contributed by atoms with E-state index in [-0.39, 0.29) is 36.4 Å². The van der Waals surface area contributed by atoms with E-state index in [4.69, 9.17) is 9.47 Å². The highest BCUT2D eigenvalue weighted by molar-refractivity contribution is 5.79. The molecule has 3 heterocycles. The van der Waals surface area contributed by atoms with Crippen LogP contribution in [0.25, 0.3) is 0 Å². The summed E-state index contributed by atoms with van der Waals surface area (Å²) in [7, 11) is 0. The molecule has 6 heteroatoms. The maximum atomic E-state index is 13.0. The van der Waals surface area contributed by atoms with Crippen molar-refractivity contribution in [3.8, 4) is 5.88 Å². The number of halogens is 1. The van der Waals surface area contributed by atoms with E-state index in [9.17, 15) is 9.18 Å². The van der Waals surface area contributed by atoms with Gasteiger partial charge in [0.15, 0.2) is 0 Å². The zero-order chi connectivity index (χ0) is 17.9. The van der Waals surface area contributed by atoms with Gasteiger partial charge in [-0.3, -0.25) is 4.79 Å². The first-order valence-electron chi connectivity index (χ1n) is 8.94. The number of likely N-dealkylation sites (tertiary alicyclic amines) is 1. The van der Waals surface area contributed by atoms with E-state index in [1.54, 1.807) is 18.3 Å². The summed E-state index contributed by atoms with van der Waals surface area (Å²) >= 11 is 0. The van der Waals surface area contributed by atoms with Gasteiger partial charge in [0, 0.05) is 31.8 Å². The van der Waals surface area contributed by atoms with E-state index in [1.807, 2.05) is 23.1 Å². The van der Waals surface area contributed by atoms with Gasteiger partial charge in [0.05, 0.1) is 12.5 Å². The van der Waals surface area contributed by atoms with Gasteiger partial charge < -0.3 is 14.4 Å². The third-order valence-corrected chi connectivity index (χ3v) is 5.02. The Labute approximate surface area is 151 Å². The Morgan fingerprint density at radius 2 is 2.08 bits per heavy atom. The molecule has 26 heavy (non-hydrogen) atoms. The van der Waals surface area contributed by atoms with Crippen molar-refractivity contribution in [2.45, 2.75) is 37.5 Å². The van der Waals surface area contributed by atoms with E-state index in [1.165, 1.54) is 12.1 Å². The standard InChI is InChI=1S/C20H21FN2O3/c21-15-6-4-14(5-7-15)13-19(24)23-11-8-17(20-16(23)9-12-25-20)26-18-3-1-2-10-22-18/h1-7,10,16-17,20H,8-9,11-13H2/t16-,17+,20-/m0/s1. The molecule has 2 aromatic rings. The van der Waals surface area contributed by atoms with Crippen LogP contribution in [-0.4, -0.2) is 47.2 Å². The number of piperidine rings is 1. The van der Waals surface area contributed by atoms with Gasteiger partial charge in [0.1, 0.15) is 18.0 Å². The monoisotopic (exact) mass is 356 g/mol. The second-order valence-electron chi connectivity index (χ2n) is 6.69. The zero-order valence-corrected chi connectivity index (χ0v) is 14.4. The topological polar surface area (TPSA) is 51.7 Å². The number of fused-ring (bicyclic) bond motifs is 1. The van der Waals surface area contributed by atoms with Crippen LogP contribution >= 0.6 is 0 Å². The number of amides is 1. The number of nitrogens with zero attached hydrogens (tertiary/aromatic N) is 2. The number of carbonyl (C=O) groups excluding carboxylic acids is 1. The number of hydrogen-bond acceptors (Lipinski definition) is 4. The molecule has 0 saturated carbocycles. The highest BCUT2D eigenvalue weighted by Crippen LogP contribution is 2.31. The third kappa shape index (κ3) is 3.55. The van der Waals surface area contributed by atoms with Gasteiger partial charge in [-0.05, 0) is 30.2 Å². The predicted molar refractivity (Wildman–Crippen MR) is 93.2 cm³/mol. The molecule has 2 aliphatic heterocycles. The molecule has 0 N–H and O–H groups in total. The summed E-state index contributed by atoms with van der Waals surface area (Å²) in [6.45, 7) is 1.25. The summed E-state index contributed by atoms with van der Waals surface area (Å²) in [5.41, 5.74) is 0.818. The van der Waals surface area contributed by atoms with E-state index in [0.29, 0.717) is 25.5 Å². The van der Waals surface area contributed by atoms with Crippen molar-refractivity contribution in [3.05, 3.63) is 60.0 Å². The molecule has 0 aliphatic carbocycles. The molecular weight excluding hydrogens is 335 g/mol. The molecule has 0 spiro atoms. The second-order valence-corrected chi connectivity index (χ2v) is 6.69. The normalized spacial score (nSPS) is 25.0. The molecule has 2 saturated heterocycles. The summed E-state index contributed by atoms with van der Waals surface area (Å²) in [6.07, 6.45) is 3.24. The molecular formula is C20H21FN2O3. The van der Waals surface area contributed by atoms with Crippen molar-refractivity contribution in [2.24, 2.45) is 0 Å². The number of rotatable bonds is 4. The smallest absolute Gasteiger partial charge is 0.227 e. The lowest BCUT2D eigenvalue weighted by Crippen LogP contribution is -2.56. The van der Waals surface area contributed by atoms with Crippen molar-refractivity contribution in [1.29, 1.82) is 0 Å². The van der Waals surface area contributed by atoms with Gasteiger partial charge in [-0.25, -0.2) is 9.37 Å². The number of carbonyl (C=O) groups is 1. The number of ether oxygens (including phenoxy) is 2. The number of aromatic nitrogens is 1. The molecule has 5 nitrogen and oxygen atoms in total. The van der Waals surface area contributed by atoms with Crippen molar-refractivity contribution in [2.75, 3.05) is 13.2 Å². The Kier molecular flexibility index (Phi) is 4.84. The Morgan fingerprint density at radius 1 is 1.23 bits per heavy atom. The zero-order valence-electron chi connectivity index (χ0n) is 14.4. The van der Waals surface area contributed by atoms with E-state index >= 15 is 0 Å². The number of hydrogen-bond donors (Lipinski definition) is 0. The van der Waals surface area contributed by atoms with Crippen LogP contribution in [0.2, 0.25) is 0 Å². The van der Waals surface area contributed by atoms with Crippen molar-refractivity contribution in [1.82, 2.24) is 9.88 Å². The van der Waals surface area contributed by atoms with E-state index in [2.05, 4.69) is 4.98 Å². The summed E-state index contributed by atoms with van der Waals surface area (Å²) in [5, 5.41) is 0. The highest BCUT2D eigenvalue weighted by Gasteiger charge is 2.45. The van der Waals surface area contributed by atoms with Crippen LogP contribution in [0.5, 0.6) is 5.88 Å². The lowest BCUT2D eigenvalue weighted by molar-refractivity contribution is -0.140. The van der Waals surface area contributed by atoms with Crippen LogP contribution in [0.3, 0.4) is 0 Å². The Morgan fingerprint density at radius 3 is 2.85 bits per heavy atom. The third-order valence-electron chi connectivity index (χ3n) is 5.02. The van der Waals surface area contributed by atoms with Crippen LogP contribution in [0.15, 0.2) is 48.7 Å². The van der Waals surface area contributed by atoms with Gasteiger partial charge in [-0.1, -0.05) is 18.2 Å². The molecule has 3 atom stereocenters. The molecule has 0 unspecified atom stereocenters. The first-order valence-corrected chi connectivity index (χ1v) is 8.94. The van der Waals surface area contributed by atoms with Crippen LogP contribution < -0.4 is 4.74 Å². The van der Waals surface area contributed by atoms with Crippen molar-refractivity contribution < 1.29 is 18.7 Å². The summed E-state index contributed by atoms with van der Waals surface area (Å²) < 4.78 is 25.0. The lowest BCUT2D eigenvalue weighted by Gasteiger charge is -2.41. The average Bonchev–Trinajstić information content (AvgIpc) is 3.15. The van der Waals surface area contributed by atoms with Crippen LogP contribution in [0.4, 0.5) is 4.39 Å². The Bertz CT molecular complexity index is 753. The molecule has 0 bridgehead atoms. The minimum Gasteiger partial charge on any atom is -0.471 e. The molecule has 1 amide bonds. The highest BCUT2D eigenvalue weighted by atomic mass is 19.1. The Balaban J connectivity index is 1.43. The van der Waals surface area contributed by atoms with Crippen molar-refractivity contribution in [3.63, 3.8) is 0 Å². The summed E-state index contributed by atoms with van der Waals surface area (Å²) in [4.78, 5) is 18.9. The lowest BCUT2D eigenvalue weighted by atomic mass is 9.94. The summed E-state index contributed by atoms with van der Waals surface area (Å²) in [5.74, 6) is 0.337. The van der Waals surface area contributed by atoms with Crippen LogP contribution in [0.1, 0.15) is 18.4 Å². The summed E-state index contributed by atoms with van der Waals surface area (Å²) in [6, 6.07) is 11.7. The fourth-order valence-corrected chi connectivity index (χ4v) is 3.77. The van der Waals surface area contributed by atoms with Gasteiger partial charge in [0.2, 0.25) is 11.8 Å². The molecule has 136 valence electrons. The minimum atomic E-state index is -0.294. The van der Waals surface area contributed by atoms with Gasteiger partial charge in [-0.2, -0.15) is 0 Å². The molecule has 1 aromatic heterocycles. The Hall–Kier alpha value is -2.47. The molecule has 4 rings (SSSR count). The number of pyridine rings is 1. The molecule has 2 fully saturated rings.